The van der Waals surface area contributed by atoms with Crippen LogP contribution in [0.2, 0.25) is 0 Å². The molecule has 1 saturated carbocycles. The zero-order chi connectivity index (χ0) is 13.2. The molecule has 1 aromatic heterocycles. The molecular weight excluding hydrogens is 248 g/mol. The van der Waals surface area contributed by atoms with Crippen LogP contribution >= 0.6 is 0 Å². The Morgan fingerprint density at radius 2 is 2.10 bits per heavy atom. The first kappa shape index (κ1) is 10.9. The zero-order valence-electron chi connectivity index (χ0n) is 11.2. The van der Waals surface area contributed by atoms with Gasteiger partial charge in [0.2, 0.25) is 5.88 Å². The van der Waals surface area contributed by atoms with Crippen molar-refractivity contribution in [1.82, 2.24) is 10.3 Å². The van der Waals surface area contributed by atoms with E-state index in [0.29, 0.717) is 12.0 Å². The van der Waals surface area contributed by atoms with E-state index in [-0.39, 0.29) is 5.60 Å². The van der Waals surface area contributed by atoms with Gasteiger partial charge in [0.1, 0.15) is 5.60 Å². The molecular formula is C17H16N2O. The van der Waals surface area contributed by atoms with Crippen LogP contribution in [-0.4, -0.2) is 23.2 Å². The molecule has 3 nitrogen and oxygen atoms in total. The molecule has 3 atom stereocenters. The molecule has 1 aliphatic carbocycles. The summed E-state index contributed by atoms with van der Waals surface area (Å²) in [4.78, 5) is 4.56. The van der Waals surface area contributed by atoms with E-state index in [1.807, 2.05) is 12.3 Å². The molecule has 3 aliphatic rings. The van der Waals surface area contributed by atoms with E-state index in [0.717, 1.165) is 18.8 Å². The number of nitrogens with zero attached hydrogens (tertiary/aromatic N) is 1. The van der Waals surface area contributed by atoms with Crippen LogP contribution in [0.3, 0.4) is 0 Å². The minimum Gasteiger partial charge on any atom is -0.469 e. The number of piperidine rings is 1. The SMILES string of the molecule is c1ccc(-c2cnc3c(c2)C[C@@]2(CNC4CC42)O3)cc1. The van der Waals surface area contributed by atoms with Gasteiger partial charge in [-0.25, -0.2) is 4.98 Å². The van der Waals surface area contributed by atoms with Gasteiger partial charge in [0.15, 0.2) is 0 Å². The summed E-state index contributed by atoms with van der Waals surface area (Å²) in [6.45, 7) is 0.972. The first-order valence-electron chi connectivity index (χ1n) is 7.31. The third-order valence-corrected chi connectivity index (χ3v) is 4.95. The van der Waals surface area contributed by atoms with Crippen LogP contribution in [0.5, 0.6) is 5.88 Å². The van der Waals surface area contributed by atoms with E-state index in [4.69, 9.17) is 4.74 Å². The molecule has 0 radical (unpaired) electrons. The summed E-state index contributed by atoms with van der Waals surface area (Å²) in [5.74, 6) is 1.54. The summed E-state index contributed by atoms with van der Waals surface area (Å²) < 4.78 is 6.23. The van der Waals surface area contributed by atoms with Crippen LogP contribution in [0.15, 0.2) is 42.6 Å². The van der Waals surface area contributed by atoms with Gasteiger partial charge in [-0.2, -0.15) is 0 Å². The number of benzene rings is 1. The number of pyridine rings is 1. The van der Waals surface area contributed by atoms with Gasteiger partial charge in [0.05, 0.1) is 0 Å². The Labute approximate surface area is 118 Å². The van der Waals surface area contributed by atoms with Crippen LogP contribution < -0.4 is 10.1 Å². The van der Waals surface area contributed by atoms with E-state index in [1.165, 1.54) is 23.1 Å². The molecule has 0 amide bonds. The Hall–Kier alpha value is -1.87. The summed E-state index contributed by atoms with van der Waals surface area (Å²) in [5, 5.41) is 3.55. The fourth-order valence-electron chi connectivity index (χ4n) is 3.80. The predicted octanol–water partition coefficient (Wildman–Crippen LogP) is 2.41. The van der Waals surface area contributed by atoms with Gasteiger partial charge in [0.25, 0.3) is 0 Å². The molecule has 1 saturated heterocycles. The number of ether oxygens (including phenoxy) is 1. The number of nitrogens with one attached hydrogen (secondary N) is 1. The van der Waals surface area contributed by atoms with Crippen LogP contribution in [0.25, 0.3) is 11.1 Å². The van der Waals surface area contributed by atoms with Crippen LogP contribution in [0.4, 0.5) is 0 Å². The van der Waals surface area contributed by atoms with Gasteiger partial charge < -0.3 is 10.1 Å². The largest absolute Gasteiger partial charge is 0.469 e. The van der Waals surface area contributed by atoms with Gasteiger partial charge in [0, 0.05) is 42.2 Å². The maximum atomic E-state index is 6.23. The van der Waals surface area contributed by atoms with Gasteiger partial charge in [-0.15, -0.1) is 0 Å². The highest BCUT2D eigenvalue weighted by molar-refractivity contribution is 5.64. The van der Waals surface area contributed by atoms with Crippen molar-refractivity contribution in [2.75, 3.05) is 6.54 Å². The summed E-state index contributed by atoms with van der Waals surface area (Å²) in [6.07, 6.45) is 4.20. The third-order valence-electron chi connectivity index (χ3n) is 4.95. The molecule has 2 aliphatic heterocycles. The average molecular weight is 264 g/mol. The van der Waals surface area contributed by atoms with Gasteiger partial charge in [-0.1, -0.05) is 30.3 Å². The second kappa shape index (κ2) is 3.61. The highest BCUT2D eigenvalue weighted by atomic mass is 16.5. The Morgan fingerprint density at radius 3 is 2.85 bits per heavy atom. The number of rotatable bonds is 1. The molecule has 2 fully saturated rings. The minimum atomic E-state index is -0.00465. The van der Waals surface area contributed by atoms with Crippen LogP contribution in [0.1, 0.15) is 12.0 Å². The molecule has 20 heavy (non-hydrogen) atoms. The van der Waals surface area contributed by atoms with Crippen molar-refractivity contribution in [3.05, 3.63) is 48.2 Å². The average Bonchev–Trinajstić information content (AvgIpc) is 3.10. The van der Waals surface area contributed by atoms with E-state index in [1.54, 1.807) is 0 Å². The summed E-state index contributed by atoms with van der Waals surface area (Å²) in [6, 6.07) is 13.4. The normalized spacial score (nSPS) is 32.8. The van der Waals surface area contributed by atoms with Crippen molar-refractivity contribution < 1.29 is 4.74 Å². The first-order valence-corrected chi connectivity index (χ1v) is 7.31. The predicted molar refractivity (Wildman–Crippen MR) is 76.6 cm³/mol. The molecule has 1 N–H and O–H groups in total. The molecule has 2 unspecified atom stereocenters. The first-order chi connectivity index (χ1) is 9.84. The highest BCUT2D eigenvalue weighted by Gasteiger charge is 2.62. The summed E-state index contributed by atoms with van der Waals surface area (Å²) in [5.41, 5.74) is 3.66. The van der Waals surface area contributed by atoms with Crippen LogP contribution in [0, 0.1) is 5.92 Å². The molecule has 1 spiro atoms. The fraction of sp³-hybridized carbons (Fsp3) is 0.353. The number of hydrogen-bond donors (Lipinski definition) is 1. The van der Waals surface area contributed by atoms with Crippen molar-refractivity contribution in [2.45, 2.75) is 24.5 Å². The molecule has 0 bridgehead atoms. The molecule has 5 rings (SSSR count). The van der Waals surface area contributed by atoms with E-state index in [2.05, 4.69) is 40.6 Å². The zero-order valence-corrected chi connectivity index (χ0v) is 11.2. The fourth-order valence-corrected chi connectivity index (χ4v) is 3.80. The number of hydrogen-bond acceptors (Lipinski definition) is 3. The Balaban J connectivity index is 1.53. The van der Waals surface area contributed by atoms with Crippen molar-refractivity contribution in [3.63, 3.8) is 0 Å². The topological polar surface area (TPSA) is 34.2 Å². The maximum Gasteiger partial charge on any atom is 0.217 e. The van der Waals surface area contributed by atoms with E-state index < -0.39 is 0 Å². The molecule has 3 heterocycles. The minimum absolute atomic E-state index is 0.00465. The molecule has 100 valence electrons. The lowest BCUT2D eigenvalue weighted by Crippen LogP contribution is -2.41. The van der Waals surface area contributed by atoms with Crippen molar-refractivity contribution in [1.29, 1.82) is 0 Å². The van der Waals surface area contributed by atoms with Crippen molar-refractivity contribution in [3.8, 4) is 17.0 Å². The number of fused-ring (bicyclic) bond motifs is 3. The Morgan fingerprint density at radius 1 is 1.20 bits per heavy atom. The Kier molecular flexibility index (Phi) is 1.96. The van der Waals surface area contributed by atoms with Crippen LogP contribution in [-0.2, 0) is 6.42 Å². The highest BCUT2D eigenvalue weighted by Crippen LogP contribution is 2.52. The molecule has 1 aromatic carbocycles. The van der Waals surface area contributed by atoms with Crippen molar-refractivity contribution in [2.24, 2.45) is 5.92 Å². The second-order valence-electron chi connectivity index (χ2n) is 6.23. The lowest BCUT2D eigenvalue weighted by molar-refractivity contribution is 0.0870. The lowest BCUT2D eigenvalue weighted by Gasteiger charge is -2.23. The summed E-state index contributed by atoms with van der Waals surface area (Å²) in [7, 11) is 0. The lowest BCUT2D eigenvalue weighted by atomic mass is 9.93. The Bertz CT molecular complexity index is 685. The molecule has 3 heteroatoms. The van der Waals surface area contributed by atoms with E-state index in [9.17, 15) is 0 Å². The standard InChI is InChI=1S/C17H16N2O/c1-2-4-11(5-3-1)13-6-12-8-17(20-16(12)18-9-13)10-19-15-7-14(15)17/h1-6,9,14-15,19H,7-8,10H2/t14?,15?,17-/m0/s1. The number of aromatic nitrogens is 1. The maximum absolute atomic E-state index is 6.23. The van der Waals surface area contributed by atoms with Crippen molar-refractivity contribution >= 4 is 0 Å². The quantitative estimate of drug-likeness (QED) is 0.859. The van der Waals surface area contributed by atoms with Gasteiger partial charge in [-0.3, -0.25) is 0 Å². The van der Waals surface area contributed by atoms with Gasteiger partial charge >= 0.3 is 0 Å². The smallest absolute Gasteiger partial charge is 0.217 e. The third kappa shape index (κ3) is 1.41. The second-order valence-corrected chi connectivity index (χ2v) is 6.23. The molecule has 2 aromatic rings. The van der Waals surface area contributed by atoms with E-state index >= 15 is 0 Å². The monoisotopic (exact) mass is 264 g/mol. The van der Waals surface area contributed by atoms with Gasteiger partial charge in [-0.05, 0) is 18.1 Å². The summed E-state index contributed by atoms with van der Waals surface area (Å²) >= 11 is 0.